The number of hydrogen-bond acceptors (Lipinski definition) is 6. The molecule has 1 aliphatic rings. The molecule has 0 saturated carbocycles. The lowest BCUT2D eigenvalue weighted by Crippen LogP contribution is -2.52. The van der Waals surface area contributed by atoms with Crippen LogP contribution in [-0.2, 0) is 27.2 Å². The third-order valence-electron chi connectivity index (χ3n) is 6.63. The van der Waals surface area contributed by atoms with Crippen molar-refractivity contribution in [3.8, 4) is 0 Å². The summed E-state index contributed by atoms with van der Waals surface area (Å²) in [6, 6.07) is 12.0. The standard InChI is InChI=1S/C25H29N7O3S/c1-17-6-8-18(9-7-17)16-32-20-21(28(2)25(34)29(3)22(20)33)27-23(32)30-10-12-31(13-11-30)24(36)26-15-19-5-4-14-35-19/h4-9,14H,10-13,15-16H2,1-3H3,(H,26,36). The van der Waals surface area contributed by atoms with Crippen LogP contribution in [0.3, 0.4) is 0 Å². The van der Waals surface area contributed by atoms with E-state index in [1.165, 1.54) is 17.2 Å². The van der Waals surface area contributed by atoms with Gasteiger partial charge >= 0.3 is 5.69 Å². The number of nitrogens with zero attached hydrogens (tertiary/aromatic N) is 6. The van der Waals surface area contributed by atoms with E-state index >= 15 is 0 Å². The quantitative estimate of drug-likeness (QED) is 0.407. The maximum absolute atomic E-state index is 13.2. The lowest BCUT2D eigenvalue weighted by Gasteiger charge is -2.36. The molecule has 3 aromatic heterocycles. The number of rotatable bonds is 5. The van der Waals surface area contributed by atoms with Gasteiger partial charge in [-0.2, -0.15) is 4.98 Å². The number of furan rings is 1. The smallest absolute Gasteiger partial charge is 0.332 e. The fourth-order valence-corrected chi connectivity index (χ4v) is 4.75. The van der Waals surface area contributed by atoms with E-state index in [0.717, 1.165) is 15.9 Å². The molecule has 10 nitrogen and oxygen atoms in total. The van der Waals surface area contributed by atoms with E-state index in [9.17, 15) is 9.59 Å². The number of thiocarbonyl (C=S) groups is 1. The first-order chi connectivity index (χ1) is 17.3. The maximum atomic E-state index is 13.2. The molecule has 1 aliphatic heterocycles. The van der Waals surface area contributed by atoms with Gasteiger partial charge in [0.2, 0.25) is 5.95 Å². The van der Waals surface area contributed by atoms with Crippen LogP contribution in [0.15, 0.2) is 56.7 Å². The second-order valence-electron chi connectivity index (χ2n) is 9.07. The molecule has 1 fully saturated rings. The number of benzene rings is 1. The molecule has 1 saturated heterocycles. The van der Waals surface area contributed by atoms with Crippen molar-refractivity contribution in [3.63, 3.8) is 0 Å². The summed E-state index contributed by atoms with van der Waals surface area (Å²) in [5.74, 6) is 1.51. The van der Waals surface area contributed by atoms with Crippen molar-refractivity contribution in [1.82, 2.24) is 28.9 Å². The molecule has 1 N–H and O–H groups in total. The highest BCUT2D eigenvalue weighted by molar-refractivity contribution is 7.80. The molecule has 0 aliphatic carbocycles. The van der Waals surface area contributed by atoms with Crippen LogP contribution in [0.25, 0.3) is 11.2 Å². The SMILES string of the molecule is Cc1ccc(Cn2c(N3CCN(C(=S)NCc4ccco4)CC3)nc3c2c(=O)n(C)c(=O)n3C)cc1. The zero-order valence-corrected chi connectivity index (χ0v) is 21.4. The molecule has 0 bridgehead atoms. The minimum Gasteiger partial charge on any atom is -0.467 e. The van der Waals surface area contributed by atoms with Gasteiger partial charge in [-0.15, -0.1) is 0 Å². The largest absolute Gasteiger partial charge is 0.467 e. The van der Waals surface area contributed by atoms with Crippen LogP contribution < -0.4 is 21.5 Å². The van der Waals surface area contributed by atoms with Crippen LogP contribution in [0, 0.1) is 6.92 Å². The number of hydrogen-bond donors (Lipinski definition) is 1. The lowest BCUT2D eigenvalue weighted by atomic mass is 10.1. The van der Waals surface area contributed by atoms with E-state index < -0.39 is 5.69 Å². The van der Waals surface area contributed by atoms with Gasteiger partial charge in [0.25, 0.3) is 5.56 Å². The van der Waals surface area contributed by atoms with Crippen molar-refractivity contribution in [2.24, 2.45) is 14.1 Å². The summed E-state index contributed by atoms with van der Waals surface area (Å²) >= 11 is 5.59. The van der Waals surface area contributed by atoms with Crippen molar-refractivity contribution in [2.45, 2.75) is 20.0 Å². The van der Waals surface area contributed by atoms with Crippen LogP contribution >= 0.6 is 12.2 Å². The average Bonchev–Trinajstić information content (AvgIpc) is 3.54. The molecule has 0 spiro atoms. The van der Waals surface area contributed by atoms with Gasteiger partial charge in [-0.3, -0.25) is 18.5 Å². The van der Waals surface area contributed by atoms with Gasteiger partial charge in [0, 0.05) is 40.3 Å². The van der Waals surface area contributed by atoms with Crippen molar-refractivity contribution in [1.29, 1.82) is 0 Å². The Bertz CT molecular complexity index is 1510. The zero-order valence-electron chi connectivity index (χ0n) is 20.6. The number of nitrogens with one attached hydrogen (secondary N) is 1. The summed E-state index contributed by atoms with van der Waals surface area (Å²) in [6.07, 6.45) is 1.64. The predicted molar refractivity (Wildman–Crippen MR) is 142 cm³/mol. The molecule has 0 unspecified atom stereocenters. The molecule has 1 aromatic carbocycles. The maximum Gasteiger partial charge on any atom is 0.332 e. The molecule has 188 valence electrons. The zero-order chi connectivity index (χ0) is 25.4. The van der Waals surface area contributed by atoms with Gasteiger partial charge in [0.1, 0.15) is 5.76 Å². The Morgan fingerprint density at radius 1 is 1.06 bits per heavy atom. The normalized spacial score (nSPS) is 14.0. The second-order valence-corrected chi connectivity index (χ2v) is 9.46. The van der Waals surface area contributed by atoms with Gasteiger partial charge in [0.05, 0.1) is 19.4 Å². The number of imidazole rings is 1. The first-order valence-corrected chi connectivity index (χ1v) is 12.3. The van der Waals surface area contributed by atoms with Crippen LogP contribution in [0.2, 0.25) is 0 Å². The summed E-state index contributed by atoms with van der Waals surface area (Å²) < 4.78 is 9.88. The second kappa shape index (κ2) is 9.65. The summed E-state index contributed by atoms with van der Waals surface area (Å²) in [6.45, 7) is 5.81. The first kappa shape index (κ1) is 23.9. The van der Waals surface area contributed by atoms with Crippen molar-refractivity contribution < 1.29 is 4.42 Å². The monoisotopic (exact) mass is 507 g/mol. The Morgan fingerprint density at radius 2 is 1.78 bits per heavy atom. The third-order valence-corrected chi connectivity index (χ3v) is 7.04. The highest BCUT2D eigenvalue weighted by Crippen LogP contribution is 2.23. The van der Waals surface area contributed by atoms with Crippen molar-refractivity contribution >= 4 is 34.4 Å². The molecule has 0 atom stereocenters. The topological polar surface area (TPSA) is 93.5 Å². The molecule has 11 heteroatoms. The van der Waals surface area contributed by atoms with E-state index in [4.69, 9.17) is 21.6 Å². The predicted octanol–water partition coefficient (Wildman–Crippen LogP) is 1.58. The Labute approximate surface area is 213 Å². The summed E-state index contributed by atoms with van der Waals surface area (Å²) in [7, 11) is 3.15. The highest BCUT2D eigenvalue weighted by atomic mass is 32.1. The fourth-order valence-electron chi connectivity index (χ4n) is 4.50. The van der Waals surface area contributed by atoms with Crippen molar-refractivity contribution in [3.05, 3.63) is 80.4 Å². The van der Waals surface area contributed by atoms with Crippen LogP contribution in [0.5, 0.6) is 0 Å². The number of aromatic nitrogens is 4. The third kappa shape index (κ3) is 4.41. The Kier molecular flexibility index (Phi) is 6.40. The van der Waals surface area contributed by atoms with E-state index in [2.05, 4.69) is 39.4 Å². The van der Waals surface area contributed by atoms with E-state index in [1.807, 2.05) is 23.6 Å². The van der Waals surface area contributed by atoms with Crippen LogP contribution in [-0.4, -0.2) is 54.9 Å². The van der Waals surface area contributed by atoms with E-state index in [1.54, 1.807) is 13.3 Å². The Balaban J connectivity index is 1.43. The van der Waals surface area contributed by atoms with Gasteiger partial charge in [-0.1, -0.05) is 29.8 Å². The number of piperazine rings is 1. The fraction of sp³-hybridized carbons (Fsp3) is 0.360. The number of aryl methyl sites for hydroxylation is 2. The molecule has 4 aromatic rings. The summed E-state index contributed by atoms with van der Waals surface area (Å²) in [5.41, 5.74) is 2.30. The van der Waals surface area contributed by atoms with E-state index in [0.29, 0.717) is 61.5 Å². The Hall–Kier alpha value is -3.86. The van der Waals surface area contributed by atoms with Gasteiger partial charge < -0.3 is 19.5 Å². The van der Waals surface area contributed by atoms with Crippen LogP contribution in [0.1, 0.15) is 16.9 Å². The minimum absolute atomic E-state index is 0.346. The number of anilines is 1. The molecule has 4 heterocycles. The lowest BCUT2D eigenvalue weighted by molar-refractivity contribution is 0.373. The molecule has 0 amide bonds. The minimum atomic E-state index is -0.392. The van der Waals surface area contributed by atoms with Gasteiger partial charge in [-0.05, 0) is 36.8 Å². The van der Waals surface area contributed by atoms with Gasteiger partial charge in [0.15, 0.2) is 16.3 Å². The summed E-state index contributed by atoms with van der Waals surface area (Å²) in [5, 5.41) is 3.93. The average molecular weight is 508 g/mol. The van der Waals surface area contributed by atoms with Crippen molar-refractivity contribution in [2.75, 3.05) is 31.1 Å². The van der Waals surface area contributed by atoms with E-state index in [-0.39, 0.29) is 5.56 Å². The molecular weight excluding hydrogens is 478 g/mol. The molecular formula is C25H29N7O3S. The highest BCUT2D eigenvalue weighted by Gasteiger charge is 2.26. The van der Waals surface area contributed by atoms with Gasteiger partial charge in [-0.25, -0.2) is 4.79 Å². The summed E-state index contributed by atoms with van der Waals surface area (Å²) in [4.78, 5) is 34.9. The Morgan fingerprint density at radius 3 is 2.44 bits per heavy atom. The first-order valence-electron chi connectivity index (χ1n) is 11.9. The molecule has 5 rings (SSSR count). The number of fused-ring (bicyclic) bond motifs is 1. The molecule has 0 radical (unpaired) electrons. The molecule has 36 heavy (non-hydrogen) atoms. The van der Waals surface area contributed by atoms with Crippen LogP contribution in [0.4, 0.5) is 5.95 Å².